The molecule has 90 valence electrons. The van der Waals surface area contributed by atoms with E-state index < -0.39 is 17.2 Å². The van der Waals surface area contributed by atoms with Gasteiger partial charge in [0.2, 0.25) is 0 Å². The Balaban J connectivity index is 2.75. The second-order valence-electron chi connectivity index (χ2n) is 4.02. The molecular formula is C12H16F2O2. The topological polar surface area (TPSA) is 29.5 Å². The molecule has 1 aromatic carbocycles. The first-order chi connectivity index (χ1) is 7.46. The van der Waals surface area contributed by atoms with Crippen molar-refractivity contribution in [2.45, 2.75) is 25.9 Å². The first-order valence-corrected chi connectivity index (χ1v) is 5.19. The van der Waals surface area contributed by atoms with Crippen molar-refractivity contribution >= 4 is 0 Å². The van der Waals surface area contributed by atoms with Crippen LogP contribution in [0.25, 0.3) is 0 Å². The molecule has 1 atom stereocenters. The lowest BCUT2D eigenvalue weighted by Gasteiger charge is -2.23. The van der Waals surface area contributed by atoms with E-state index in [1.54, 1.807) is 6.92 Å². The van der Waals surface area contributed by atoms with E-state index in [1.165, 1.54) is 19.1 Å². The zero-order chi connectivity index (χ0) is 12.2. The van der Waals surface area contributed by atoms with Gasteiger partial charge < -0.3 is 9.84 Å². The first kappa shape index (κ1) is 13.1. The molecule has 0 aliphatic heterocycles. The molecule has 0 saturated carbocycles. The summed E-state index contributed by atoms with van der Waals surface area (Å²) in [5.74, 6) is -1.80. The SMILES string of the molecule is CCOCC(C)(O)Cc1cccc(F)c1F. The third-order valence-electron chi connectivity index (χ3n) is 2.22. The van der Waals surface area contributed by atoms with Crippen molar-refractivity contribution in [3.63, 3.8) is 0 Å². The Hall–Kier alpha value is -1.00. The monoisotopic (exact) mass is 230 g/mol. The summed E-state index contributed by atoms with van der Waals surface area (Å²) < 4.78 is 31.3. The van der Waals surface area contributed by atoms with Gasteiger partial charge in [-0.25, -0.2) is 8.78 Å². The number of halogens is 2. The highest BCUT2D eigenvalue weighted by molar-refractivity contribution is 5.20. The molecule has 0 radical (unpaired) electrons. The van der Waals surface area contributed by atoms with E-state index >= 15 is 0 Å². The molecule has 1 aromatic rings. The molecule has 0 heterocycles. The highest BCUT2D eigenvalue weighted by Crippen LogP contribution is 2.18. The molecule has 4 heteroatoms. The molecule has 0 amide bonds. The summed E-state index contributed by atoms with van der Waals surface area (Å²) in [5, 5.41) is 9.90. The molecule has 1 N–H and O–H groups in total. The number of rotatable bonds is 5. The van der Waals surface area contributed by atoms with Crippen LogP contribution in [-0.4, -0.2) is 23.9 Å². The summed E-state index contributed by atoms with van der Waals surface area (Å²) >= 11 is 0. The summed E-state index contributed by atoms with van der Waals surface area (Å²) in [6.07, 6.45) is 0.0244. The number of hydrogen-bond acceptors (Lipinski definition) is 2. The van der Waals surface area contributed by atoms with Crippen LogP contribution in [0.15, 0.2) is 18.2 Å². The second-order valence-corrected chi connectivity index (χ2v) is 4.02. The van der Waals surface area contributed by atoms with Crippen LogP contribution in [0.4, 0.5) is 8.78 Å². The number of aliphatic hydroxyl groups is 1. The number of benzene rings is 1. The zero-order valence-electron chi connectivity index (χ0n) is 9.46. The molecule has 0 bridgehead atoms. The highest BCUT2D eigenvalue weighted by atomic mass is 19.2. The van der Waals surface area contributed by atoms with Crippen molar-refractivity contribution in [1.82, 2.24) is 0 Å². The van der Waals surface area contributed by atoms with Crippen LogP contribution < -0.4 is 0 Å². The minimum Gasteiger partial charge on any atom is -0.387 e. The summed E-state index contributed by atoms with van der Waals surface area (Å²) in [5.41, 5.74) is -1.03. The molecular weight excluding hydrogens is 214 g/mol. The normalized spacial score (nSPS) is 14.8. The van der Waals surface area contributed by atoms with E-state index in [1.807, 2.05) is 0 Å². The smallest absolute Gasteiger partial charge is 0.162 e. The van der Waals surface area contributed by atoms with Gasteiger partial charge in [0.15, 0.2) is 11.6 Å². The molecule has 1 unspecified atom stereocenters. The van der Waals surface area contributed by atoms with E-state index in [0.29, 0.717) is 6.61 Å². The van der Waals surface area contributed by atoms with Gasteiger partial charge in [-0.05, 0) is 25.5 Å². The molecule has 0 aliphatic carbocycles. The highest BCUT2D eigenvalue weighted by Gasteiger charge is 2.23. The van der Waals surface area contributed by atoms with Gasteiger partial charge in [0, 0.05) is 13.0 Å². The fraction of sp³-hybridized carbons (Fsp3) is 0.500. The van der Waals surface area contributed by atoms with Crippen molar-refractivity contribution in [2.75, 3.05) is 13.2 Å². The Kier molecular flexibility index (Phi) is 4.38. The van der Waals surface area contributed by atoms with Gasteiger partial charge in [-0.1, -0.05) is 12.1 Å². The van der Waals surface area contributed by atoms with Crippen LogP contribution in [0.1, 0.15) is 19.4 Å². The van der Waals surface area contributed by atoms with Crippen molar-refractivity contribution in [2.24, 2.45) is 0 Å². The second kappa shape index (κ2) is 5.37. The van der Waals surface area contributed by atoms with E-state index in [9.17, 15) is 13.9 Å². The van der Waals surface area contributed by atoms with E-state index in [0.717, 1.165) is 6.07 Å². The Morgan fingerprint density at radius 2 is 2.06 bits per heavy atom. The van der Waals surface area contributed by atoms with Crippen molar-refractivity contribution in [3.8, 4) is 0 Å². The Morgan fingerprint density at radius 1 is 1.38 bits per heavy atom. The van der Waals surface area contributed by atoms with Gasteiger partial charge in [0.05, 0.1) is 12.2 Å². The van der Waals surface area contributed by atoms with Gasteiger partial charge in [-0.15, -0.1) is 0 Å². The molecule has 0 aliphatic rings. The van der Waals surface area contributed by atoms with E-state index in [-0.39, 0.29) is 18.6 Å². The maximum Gasteiger partial charge on any atom is 0.162 e. The molecule has 0 saturated heterocycles. The lowest BCUT2D eigenvalue weighted by Crippen LogP contribution is -2.33. The van der Waals surface area contributed by atoms with Crippen LogP contribution in [0.5, 0.6) is 0 Å². The minimum absolute atomic E-state index is 0.0244. The molecule has 0 fully saturated rings. The van der Waals surface area contributed by atoms with Crippen LogP contribution >= 0.6 is 0 Å². The average Bonchev–Trinajstić information content (AvgIpc) is 2.22. The van der Waals surface area contributed by atoms with Gasteiger partial charge in [-0.2, -0.15) is 0 Å². The van der Waals surface area contributed by atoms with Gasteiger partial charge in [0.1, 0.15) is 0 Å². The van der Waals surface area contributed by atoms with E-state index in [2.05, 4.69) is 0 Å². The van der Waals surface area contributed by atoms with Crippen LogP contribution in [-0.2, 0) is 11.2 Å². The lowest BCUT2D eigenvalue weighted by molar-refractivity contribution is -0.0301. The maximum absolute atomic E-state index is 13.3. The number of ether oxygens (including phenoxy) is 1. The Labute approximate surface area is 93.9 Å². The summed E-state index contributed by atoms with van der Waals surface area (Å²) in [6, 6.07) is 3.93. The molecule has 0 aromatic heterocycles. The lowest BCUT2D eigenvalue weighted by atomic mass is 9.97. The number of hydrogen-bond donors (Lipinski definition) is 1. The Bertz CT molecular complexity index is 351. The fourth-order valence-electron chi connectivity index (χ4n) is 1.47. The fourth-order valence-corrected chi connectivity index (χ4v) is 1.47. The summed E-state index contributed by atoms with van der Waals surface area (Å²) in [4.78, 5) is 0. The zero-order valence-corrected chi connectivity index (χ0v) is 9.46. The average molecular weight is 230 g/mol. The predicted molar refractivity (Wildman–Crippen MR) is 57.2 cm³/mol. The molecule has 2 nitrogen and oxygen atoms in total. The van der Waals surface area contributed by atoms with Crippen molar-refractivity contribution in [3.05, 3.63) is 35.4 Å². The first-order valence-electron chi connectivity index (χ1n) is 5.19. The quantitative estimate of drug-likeness (QED) is 0.841. The van der Waals surface area contributed by atoms with Gasteiger partial charge >= 0.3 is 0 Å². The van der Waals surface area contributed by atoms with Crippen LogP contribution in [0, 0.1) is 11.6 Å². The largest absolute Gasteiger partial charge is 0.387 e. The minimum atomic E-state index is -1.19. The van der Waals surface area contributed by atoms with E-state index in [4.69, 9.17) is 4.74 Å². The van der Waals surface area contributed by atoms with Crippen molar-refractivity contribution < 1.29 is 18.6 Å². The Morgan fingerprint density at radius 3 is 2.69 bits per heavy atom. The van der Waals surface area contributed by atoms with Gasteiger partial charge in [-0.3, -0.25) is 0 Å². The third kappa shape index (κ3) is 3.54. The summed E-state index contributed by atoms with van der Waals surface area (Å²) in [6.45, 7) is 3.91. The molecule has 16 heavy (non-hydrogen) atoms. The standard InChI is InChI=1S/C12H16F2O2/c1-3-16-8-12(2,15)7-9-5-4-6-10(13)11(9)14/h4-6,15H,3,7-8H2,1-2H3. The predicted octanol–water partition coefficient (Wildman–Crippen LogP) is 2.29. The van der Waals surface area contributed by atoms with Gasteiger partial charge in [0.25, 0.3) is 0 Å². The summed E-state index contributed by atoms with van der Waals surface area (Å²) in [7, 11) is 0. The van der Waals surface area contributed by atoms with Crippen LogP contribution in [0.3, 0.4) is 0 Å². The molecule has 1 rings (SSSR count). The van der Waals surface area contributed by atoms with Crippen molar-refractivity contribution in [1.29, 1.82) is 0 Å². The third-order valence-corrected chi connectivity index (χ3v) is 2.22. The maximum atomic E-state index is 13.3. The van der Waals surface area contributed by atoms with Crippen LogP contribution in [0.2, 0.25) is 0 Å². The molecule has 0 spiro atoms.